The number of nitrogens with one attached hydrogen (secondary N) is 1. The molecule has 94 valence electrons. The maximum atomic E-state index is 11.3. The van der Waals surface area contributed by atoms with Gasteiger partial charge >= 0.3 is 5.97 Å². The second kappa shape index (κ2) is 5.36. The summed E-state index contributed by atoms with van der Waals surface area (Å²) < 4.78 is 10.1. The number of hydrogen-bond acceptors (Lipinski definition) is 4. The number of ether oxygens (including phenoxy) is 1. The molecule has 0 radical (unpaired) electrons. The van der Waals surface area contributed by atoms with Gasteiger partial charge in [0.15, 0.2) is 0 Å². The molecule has 0 bridgehead atoms. The third kappa shape index (κ3) is 2.69. The molecule has 1 heterocycles. The normalized spacial score (nSPS) is 17.5. The Balaban J connectivity index is 2.02. The number of furan rings is 1. The maximum absolute atomic E-state index is 11.3. The van der Waals surface area contributed by atoms with Crippen molar-refractivity contribution in [2.45, 2.75) is 31.7 Å². The van der Waals surface area contributed by atoms with Crippen molar-refractivity contribution in [3.05, 3.63) is 23.7 Å². The monoisotopic (exact) mass is 237 g/mol. The zero-order valence-corrected chi connectivity index (χ0v) is 10.4. The number of hydrogen-bond donors (Lipinski definition) is 1. The van der Waals surface area contributed by atoms with Crippen molar-refractivity contribution in [3.8, 4) is 0 Å². The van der Waals surface area contributed by atoms with E-state index in [1.807, 2.05) is 13.1 Å². The van der Waals surface area contributed by atoms with E-state index in [0.29, 0.717) is 0 Å². The van der Waals surface area contributed by atoms with Crippen LogP contribution >= 0.6 is 0 Å². The van der Waals surface area contributed by atoms with Gasteiger partial charge in [-0.25, -0.2) is 4.79 Å². The Kier molecular flexibility index (Phi) is 3.84. The fourth-order valence-corrected chi connectivity index (χ4v) is 2.19. The van der Waals surface area contributed by atoms with E-state index < -0.39 is 5.97 Å². The van der Waals surface area contributed by atoms with Gasteiger partial charge in [-0.15, -0.1) is 0 Å². The summed E-state index contributed by atoms with van der Waals surface area (Å²) in [6.07, 6.45) is 5.03. The molecule has 1 saturated carbocycles. The molecule has 17 heavy (non-hydrogen) atoms. The molecule has 1 aliphatic rings. The van der Waals surface area contributed by atoms with E-state index in [0.717, 1.165) is 18.1 Å². The van der Waals surface area contributed by atoms with Gasteiger partial charge in [-0.05, 0) is 31.5 Å². The van der Waals surface area contributed by atoms with Crippen molar-refractivity contribution in [3.63, 3.8) is 0 Å². The maximum Gasteiger partial charge on any atom is 0.373 e. The first-order valence-electron chi connectivity index (χ1n) is 6.10. The van der Waals surface area contributed by atoms with Crippen molar-refractivity contribution in [2.24, 2.45) is 5.92 Å². The molecule has 0 spiro atoms. The quantitative estimate of drug-likeness (QED) is 0.799. The fraction of sp³-hybridized carbons (Fsp3) is 0.615. The van der Waals surface area contributed by atoms with Gasteiger partial charge in [-0.1, -0.05) is 19.3 Å². The number of rotatable bonds is 5. The van der Waals surface area contributed by atoms with Gasteiger partial charge in [0.2, 0.25) is 5.76 Å². The Bertz CT molecular complexity index is 382. The zero-order chi connectivity index (χ0) is 12.3. The highest BCUT2D eigenvalue weighted by Crippen LogP contribution is 2.35. The van der Waals surface area contributed by atoms with Crippen LogP contribution in [0.4, 0.5) is 0 Å². The molecular weight excluding hydrogens is 218 g/mol. The second-order valence-electron chi connectivity index (χ2n) is 4.57. The lowest BCUT2D eigenvalue weighted by Crippen LogP contribution is -2.22. The van der Waals surface area contributed by atoms with Crippen molar-refractivity contribution in [1.82, 2.24) is 5.32 Å². The molecule has 1 aromatic heterocycles. The molecule has 0 saturated heterocycles. The Labute approximate surface area is 101 Å². The molecule has 0 aromatic carbocycles. The SMILES string of the molecule is CNC(CC1CCC1)c1ccc(C(=O)OC)o1. The van der Waals surface area contributed by atoms with Crippen LogP contribution in [-0.4, -0.2) is 20.1 Å². The van der Waals surface area contributed by atoms with Crippen LogP contribution in [0, 0.1) is 5.92 Å². The Hall–Kier alpha value is -1.29. The Morgan fingerprint density at radius 3 is 2.88 bits per heavy atom. The summed E-state index contributed by atoms with van der Waals surface area (Å²) in [5, 5.41) is 3.24. The number of carbonyl (C=O) groups is 1. The predicted octanol–water partition coefficient (Wildman–Crippen LogP) is 2.52. The average Bonchev–Trinajstić information content (AvgIpc) is 2.76. The van der Waals surface area contributed by atoms with Gasteiger partial charge in [-0.2, -0.15) is 0 Å². The fourth-order valence-electron chi connectivity index (χ4n) is 2.19. The van der Waals surface area contributed by atoms with Gasteiger partial charge < -0.3 is 14.5 Å². The summed E-state index contributed by atoms with van der Waals surface area (Å²) in [4.78, 5) is 11.3. The zero-order valence-electron chi connectivity index (χ0n) is 10.4. The van der Waals surface area contributed by atoms with Crippen LogP contribution in [0.1, 0.15) is 48.0 Å². The topological polar surface area (TPSA) is 51.5 Å². The van der Waals surface area contributed by atoms with Gasteiger partial charge in [0.25, 0.3) is 0 Å². The van der Waals surface area contributed by atoms with E-state index in [4.69, 9.17) is 4.42 Å². The Morgan fingerprint density at radius 2 is 2.35 bits per heavy atom. The number of esters is 1. The lowest BCUT2D eigenvalue weighted by Gasteiger charge is -2.28. The molecule has 1 N–H and O–H groups in total. The smallest absolute Gasteiger partial charge is 0.373 e. The Morgan fingerprint density at radius 1 is 1.59 bits per heavy atom. The lowest BCUT2D eigenvalue weighted by molar-refractivity contribution is 0.0561. The van der Waals surface area contributed by atoms with Crippen LogP contribution in [-0.2, 0) is 4.74 Å². The van der Waals surface area contributed by atoms with Crippen LogP contribution < -0.4 is 5.32 Å². The van der Waals surface area contributed by atoms with E-state index >= 15 is 0 Å². The van der Waals surface area contributed by atoms with E-state index in [1.54, 1.807) is 6.07 Å². The van der Waals surface area contributed by atoms with E-state index in [-0.39, 0.29) is 11.8 Å². The summed E-state index contributed by atoms with van der Waals surface area (Å²) in [6, 6.07) is 3.72. The molecule has 0 aliphatic heterocycles. The second-order valence-corrected chi connectivity index (χ2v) is 4.57. The highest BCUT2D eigenvalue weighted by atomic mass is 16.5. The molecule has 2 rings (SSSR count). The van der Waals surface area contributed by atoms with Crippen molar-refractivity contribution >= 4 is 5.97 Å². The molecule has 1 unspecified atom stereocenters. The highest BCUT2D eigenvalue weighted by Gasteiger charge is 2.24. The van der Waals surface area contributed by atoms with Crippen LogP contribution in [0.25, 0.3) is 0 Å². The summed E-state index contributed by atoms with van der Waals surface area (Å²) in [5.41, 5.74) is 0. The number of methoxy groups -OCH3 is 1. The van der Waals surface area contributed by atoms with E-state index in [9.17, 15) is 4.79 Å². The molecule has 1 aromatic rings. The van der Waals surface area contributed by atoms with Crippen LogP contribution in [0.5, 0.6) is 0 Å². The van der Waals surface area contributed by atoms with Gasteiger partial charge in [0, 0.05) is 0 Å². The third-order valence-electron chi connectivity index (χ3n) is 3.50. The van der Waals surface area contributed by atoms with E-state index in [1.165, 1.54) is 26.4 Å². The largest absolute Gasteiger partial charge is 0.463 e. The van der Waals surface area contributed by atoms with Crippen LogP contribution in [0.15, 0.2) is 16.5 Å². The summed E-state index contributed by atoms with van der Waals surface area (Å²) in [6.45, 7) is 0. The van der Waals surface area contributed by atoms with Crippen LogP contribution in [0.3, 0.4) is 0 Å². The molecule has 0 amide bonds. The minimum Gasteiger partial charge on any atom is -0.463 e. The molecule has 1 atom stereocenters. The predicted molar refractivity (Wildman–Crippen MR) is 63.8 cm³/mol. The molecule has 4 nitrogen and oxygen atoms in total. The summed E-state index contributed by atoms with van der Waals surface area (Å²) in [7, 11) is 3.28. The minimum atomic E-state index is -0.422. The van der Waals surface area contributed by atoms with Gasteiger partial charge in [-0.3, -0.25) is 0 Å². The molecule has 4 heteroatoms. The van der Waals surface area contributed by atoms with Crippen LogP contribution in [0.2, 0.25) is 0 Å². The van der Waals surface area contributed by atoms with Crippen molar-refractivity contribution in [2.75, 3.05) is 14.2 Å². The molecular formula is C13H19NO3. The summed E-state index contributed by atoms with van der Waals surface area (Å²) in [5.74, 6) is 1.46. The standard InChI is InChI=1S/C13H19NO3/c1-14-10(8-9-4-3-5-9)11-6-7-12(17-11)13(15)16-2/h6-7,9-10,14H,3-5,8H2,1-2H3. The van der Waals surface area contributed by atoms with Gasteiger partial charge in [0.05, 0.1) is 13.2 Å². The van der Waals surface area contributed by atoms with E-state index in [2.05, 4.69) is 10.1 Å². The summed E-state index contributed by atoms with van der Waals surface area (Å²) >= 11 is 0. The highest BCUT2D eigenvalue weighted by molar-refractivity contribution is 5.86. The number of carbonyl (C=O) groups excluding carboxylic acids is 1. The first-order chi connectivity index (χ1) is 8.24. The van der Waals surface area contributed by atoms with Crippen molar-refractivity contribution in [1.29, 1.82) is 0 Å². The first kappa shape index (κ1) is 12.2. The van der Waals surface area contributed by atoms with Gasteiger partial charge in [0.1, 0.15) is 5.76 Å². The first-order valence-corrected chi connectivity index (χ1v) is 6.10. The van der Waals surface area contributed by atoms with Crippen molar-refractivity contribution < 1.29 is 13.9 Å². The average molecular weight is 237 g/mol. The minimum absolute atomic E-state index is 0.193. The molecule has 1 fully saturated rings. The third-order valence-corrected chi connectivity index (χ3v) is 3.50. The molecule has 1 aliphatic carbocycles. The lowest BCUT2D eigenvalue weighted by atomic mass is 9.80.